The summed E-state index contributed by atoms with van der Waals surface area (Å²) in [6.45, 7) is 4.57. The maximum absolute atomic E-state index is 12.9. The first-order valence-electron chi connectivity index (χ1n) is 12.0. The molecule has 2 saturated heterocycles. The molecule has 0 spiro atoms. The minimum absolute atomic E-state index is 0.0248. The molecule has 1 unspecified atom stereocenters. The van der Waals surface area contributed by atoms with Crippen LogP contribution < -0.4 is 4.72 Å². The van der Waals surface area contributed by atoms with Gasteiger partial charge < -0.3 is 9.64 Å². The molecule has 4 rings (SSSR count). The van der Waals surface area contributed by atoms with Gasteiger partial charge in [0, 0.05) is 31.8 Å². The third-order valence-corrected chi connectivity index (χ3v) is 8.24. The summed E-state index contributed by atoms with van der Waals surface area (Å²) < 4.78 is 33.1. The second-order valence-corrected chi connectivity index (χ2v) is 11.0. The highest BCUT2D eigenvalue weighted by molar-refractivity contribution is 7.89. The smallest absolute Gasteiger partial charge is 0.253 e. The van der Waals surface area contributed by atoms with Gasteiger partial charge in [-0.1, -0.05) is 29.8 Å². The molecule has 1 amide bonds. The SMILES string of the molecule is Cc1ccc(CCC2CCN(C(=O)c3ccc(S(=O)(=O)NCC4CCCO4)cc3)CC2)cc1. The molecule has 0 radical (unpaired) electrons. The lowest BCUT2D eigenvalue weighted by molar-refractivity contribution is 0.0687. The van der Waals surface area contributed by atoms with E-state index in [-0.39, 0.29) is 23.5 Å². The van der Waals surface area contributed by atoms with Gasteiger partial charge in [0.15, 0.2) is 0 Å². The third kappa shape index (κ3) is 6.43. The van der Waals surface area contributed by atoms with Crippen molar-refractivity contribution in [2.24, 2.45) is 5.92 Å². The minimum Gasteiger partial charge on any atom is -0.377 e. The van der Waals surface area contributed by atoms with E-state index in [1.54, 1.807) is 12.1 Å². The van der Waals surface area contributed by atoms with E-state index in [2.05, 4.69) is 35.9 Å². The van der Waals surface area contributed by atoms with Crippen LogP contribution in [0.2, 0.25) is 0 Å². The number of nitrogens with one attached hydrogen (secondary N) is 1. The first-order valence-corrected chi connectivity index (χ1v) is 13.5. The number of hydrogen-bond acceptors (Lipinski definition) is 4. The van der Waals surface area contributed by atoms with E-state index in [0.29, 0.717) is 18.1 Å². The van der Waals surface area contributed by atoms with E-state index in [1.165, 1.54) is 23.3 Å². The Balaban J connectivity index is 1.25. The average molecular weight is 471 g/mol. The van der Waals surface area contributed by atoms with E-state index in [4.69, 9.17) is 4.74 Å². The van der Waals surface area contributed by atoms with Gasteiger partial charge >= 0.3 is 0 Å². The summed E-state index contributed by atoms with van der Waals surface area (Å²) in [5.74, 6) is 0.612. The van der Waals surface area contributed by atoms with Gasteiger partial charge in [-0.25, -0.2) is 13.1 Å². The van der Waals surface area contributed by atoms with E-state index < -0.39 is 10.0 Å². The van der Waals surface area contributed by atoms with Gasteiger partial charge in [-0.15, -0.1) is 0 Å². The molecule has 2 aromatic carbocycles. The Morgan fingerprint density at radius 2 is 1.73 bits per heavy atom. The number of carbonyl (C=O) groups excluding carboxylic acids is 1. The van der Waals surface area contributed by atoms with Crippen molar-refractivity contribution in [1.82, 2.24) is 9.62 Å². The summed E-state index contributed by atoms with van der Waals surface area (Å²) in [5.41, 5.74) is 3.19. The van der Waals surface area contributed by atoms with Crippen molar-refractivity contribution >= 4 is 15.9 Å². The van der Waals surface area contributed by atoms with E-state index >= 15 is 0 Å². The van der Waals surface area contributed by atoms with Crippen LogP contribution in [-0.2, 0) is 21.2 Å². The highest BCUT2D eigenvalue weighted by atomic mass is 32.2. The Morgan fingerprint density at radius 1 is 1.03 bits per heavy atom. The van der Waals surface area contributed by atoms with Crippen LogP contribution in [0.5, 0.6) is 0 Å². The molecule has 2 fully saturated rings. The summed E-state index contributed by atoms with van der Waals surface area (Å²) in [7, 11) is -3.61. The monoisotopic (exact) mass is 470 g/mol. The summed E-state index contributed by atoms with van der Waals surface area (Å²) in [4.78, 5) is 15.0. The molecular formula is C26H34N2O4S. The molecular weight excluding hydrogens is 436 g/mol. The van der Waals surface area contributed by atoms with Crippen molar-refractivity contribution in [2.45, 2.75) is 56.4 Å². The molecule has 2 aliphatic heterocycles. The largest absolute Gasteiger partial charge is 0.377 e. The summed E-state index contributed by atoms with van der Waals surface area (Å²) >= 11 is 0. The number of rotatable bonds is 8. The predicted octanol–water partition coefficient (Wildman–Crippen LogP) is 3.94. The van der Waals surface area contributed by atoms with Crippen LogP contribution in [0.3, 0.4) is 0 Å². The molecule has 1 N–H and O–H groups in total. The fourth-order valence-corrected chi connectivity index (χ4v) is 5.67. The quantitative estimate of drug-likeness (QED) is 0.634. The Labute approximate surface area is 197 Å². The van der Waals surface area contributed by atoms with E-state index in [9.17, 15) is 13.2 Å². The van der Waals surface area contributed by atoms with Crippen LogP contribution in [-0.4, -0.2) is 51.6 Å². The lowest BCUT2D eigenvalue weighted by atomic mass is 9.90. The van der Waals surface area contributed by atoms with Gasteiger partial charge in [0.2, 0.25) is 10.0 Å². The first kappa shape index (κ1) is 23.9. The number of benzene rings is 2. The Hall–Kier alpha value is -2.22. The second-order valence-electron chi connectivity index (χ2n) is 9.27. The average Bonchev–Trinajstić information content (AvgIpc) is 3.36. The zero-order chi connectivity index (χ0) is 23.3. The molecule has 6 nitrogen and oxygen atoms in total. The minimum atomic E-state index is -3.61. The molecule has 1 atom stereocenters. The Morgan fingerprint density at radius 3 is 2.36 bits per heavy atom. The maximum atomic E-state index is 12.9. The number of ether oxygens (including phenoxy) is 1. The fourth-order valence-electron chi connectivity index (χ4n) is 4.60. The Bertz CT molecular complexity index is 1020. The van der Waals surface area contributed by atoms with Crippen molar-refractivity contribution in [3.8, 4) is 0 Å². The number of likely N-dealkylation sites (tertiary alicyclic amines) is 1. The zero-order valence-corrected chi connectivity index (χ0v) is 20.1. The van der Waals surface area contributed by atoms with Crippen molar-refractivity contribution in [3.05, 3.63) is 65.2 Å². The molecule has 0 aliphatic carbocycles. The number of aryl methyl sites for hydroxylation is 2. The van der Waals surface area contributed by atoms with Crippen molar-refractivity contribution in [2.75, 3.05) is 26.2 Å². The van der Waals surface area contributed by atoms with Crippen LogP contribution in [0.1, 0.15) is 53.6 Å². The molecule has 0 saturated carbocycles. The lowest BCUT2D eigenvalue weighted by Crippen LogP contribution is -2.38. The van der Waals surface area contributed by atoms with Gasteiger partial charge in [-0.05, 0) is 81.2 Å². The molecule has 2 heterocycles. The highest BCUT2D eigenvalue weighted by Gasteiger charge is 2.25. The number of hydrogen-bond donors (Lipinski definition) is 1. The molecule has 0 aromatic heterocycles. The van der Waals surface area contributed by atoms with Crippen LogP contribution in [0.4, 0.5) is 0 Å². The zero-order valence-electron chi connectivity index (χ0n) is 19.3. The van der Waals surface area contributed by atoms with Gasteiger partial charge in [-0.2, -0.15) is 0 Å². The summed E-state index contributed by atoms with van der Waals surface area (Å²) in [6, 6.07) is 15.0. The standard InChI is InChI=1S/C26H34N2O4S/c1-20-4-6-21(7-5-20)8-9-22-14-16-28(17-15-22)26(29)23-10-12-25(13-11-23)33(30,31)27-19-24-3-2-18-32-24/h4-7,10-13,22,24,27H,2-3,8-9,14-19H2,1H3. The predicted molar refractivity (Wildman–Crippen MR) is 129 cm³/mol. The van der Waals surface area contributed by atoms with E-state index in [0.717, 1.165) is 51.6 Å². The second kappa shape index (κ2) is 10.8. The molecule has 33 heavy (non-hydrogen) atoms. The van der Waals surface area contributed by atoms with Crippen molar-refractivity contribution < 1.29 is 17.9 Å². The Kier molecular flexibility index (Phi) is 7.83. The number of sulfonamides is 1. The van der Waals surface area contributed by atoms with Crippen LogP contribution in [0, 0.1) is 12.8 Å². The summed E-state index contributed by atoms with van der Waals surface area (Å²) in [6.07, 6.45) is 6.03. The van der Waals surface area contributed by atoms with Crippen molar-refractivity contribution in [3.63, 3.8) is 0 Å². The fraction of sp³-hybridized carbons (Fsp3) is 0.500. The molecule has 0 bridgehead atoms. The van der Waals surface area contributed by atoms with Crippen molar-refractivity contribution in [1.29, 1.82) is 0 Å². The van der Waals surface area contributed by atoms with Gasteiger partial charge in [0.25, 0.3) is 5.91 Å². The van der Waals surface area contributed by atoms with Crippen LogP contribution >= 0.6 is 0 Å². The topological polar surface area (TPSA) is 75.7 Å². The molecule has 2 aromatic rings. The number of nitrogens with zero attached hydrogens (tertiary/aromatic N) is 1. The molecule has 7 heteroatoms. The molecule has 2 aliphatic rings. The van der Waals surface area contributed by atoms with Crippen LogP contribution in [0.15, 0.2) is 53.4 Å². The lowest BCUT2D eigenvalue weighted by Gasteiger charge is -2.32. The first-order chi connectivity index (χ1) is 15.9. The third-order valence-electron chi connectivity index (χ3n) is 6.80. The van der Waals surface area contributed by atoms with Crippen LogP contribution in [0.25, 0.3) is 0 Å². The molecule has 178 valence electrons. The highest BCUT2D eigenvalue weighted by Crippen LogP contribution is 2.24. The number of carbonyl (C=O) groups is 1. The van der Waals surface area contributed by atoms with Gasteiger partial charge in [0.1, 0.15) is 0 Å². The summed E-state index contributed by atoms with van der Waals surface area (Å²) in [5, 5.41) is 0. The number of piperidine rings is 1. The van der Waals surface area contributed by atoms with Gasteiger partial charge in [0.05, 0.1) is 11.0 Å². The maximum Gasteiger partial charge on any atom is 0.253 e. The van der Waals surface area contributed by atoms with Gasteiger partial charge in [-0.3, -0.25) is 4.79 Å². The normalized spacial score (nSPS) is 19.7. The number of amides is 1. The van der Waals surface area contributed by atoms with E-state index in [1.807, 2.05) is 4.90 Å².